The van der Waals surface area contributed by atoms with E-state index in [-0.39, 0.29) is 0 Å². The van der Waals surface area contributed by atoms with Crippen molar-refractivity contribution < 1.29 is 0 Å². The van der Waals surface area contributed by atoms with Gasteiger partial charge >= 0.3 is 0 Å². The molecule has 0 spiro atoms. The number of thiophene rings is 1. The van der Waals surface area contributed by atoms with Gasteiger partial charge in [0.25, 0.3) is 0 Å². The Balaban J connectivity index is 1.91. The molecule has 0 unspecified atom stereocenters. The Morgan fingerprint density at radius 1 is 1.20 bits per heavy atom. The summed E-state index contributed by atoms with van der Waals surface area (Å²) in [6.07, 6.45) is 0. The predicted molar refractivity (Wildman–Crippen MR) is 91.0 cm³/mol. The van der Waals surface area contributed by atoms with Crippen LogP contribution in [0.15, 0.2) is 40.2 Å². The fraction of sp³-hybridized carbons (Fsp3) is 0.375. The Bertz CT molecular complexity index is 539. The van der Waals surface area contributed by atoms with Crippen LogP contribution in [0.1, 0.15) is 22.9 Å². The third kappa shape index (κ3) is 5.02. The Morgan fingerprint density at radius 3 is 2.70 bits per heavy atom. The first-order valence-electron chi connectivity index (χ1n) is 6.87. The average Bonchev–Trinajstić information content (AvgIpc) is 2.82. The van der Waals surface area contributed by atoms with E-state index in [9.17, 15) is 0 Å². The van der Waals surface area contributed by atoms with Gasteiger partial charge in [0.05, 0.1) is 0 Å². The summed E-state index contributed by atoms with van der Waals surface area (Å²) in [5.74, 6) is 0. The van der Waals surface area contributed by atoms with E-state index < -0.39 is 0 Å². The number of nitrogens with zero attached hydrogens (tertiary/aromatic N) is 1. The van der Waals surface area contributed by atoms with Gasteiger partial charge in [-0.05, 0) is 46.7 Å². The van der Waals surface area contributed by atoms with Crippen LogP contribution in [-0.2, 0) is 19.6 Å². The molecule has 0 fully saturated rings. The van der Waals surface area contributed by atoms with Gasteiger partial charge in [-0.2, -0.15) is 0 Å². The van der Waals surface area contributed by atoms with E-state index in [1.807, 2.05) is 0 Å². The Kier molecular flexibility index (Phi) is 6.23. The third-order valence-corrected chi connectivity index (χ3v) is 4.75. The fourth-order valence-electron chi connectivity index (χ4n) is 2.18. The van der Waals surface area contributed by atoms with Gasteiger partial charge in [0.15, 0.2) is 0 Å². The normalized spacial score (nSPS) is 11.2. The van der Waals surface area contributed by atoms with Crippen LogP contribution in [0.2, 0.25) is 0 Å². The van der Waals surface area contributed by atoms with E-state index in [0.717, 1.165) is 26.2 Å². The molecular formula is C16H21BrN2S. The monoisotopic (exact) mass is 352 g/mol. The highest BCUT2D eigenvalue weighted by molar-refractivity contribution is 9.10. The van der Waals surface area contributed by atoms with Crippen LogP contribution in [0.3, 0.4) is 0 Å². The third-order valence-electron chi connectivity index (χ3n) is 3.07. The topological polar surface area (TPSA) is 15.3 Å². The molecular weight excluding hydrogens is 332 g/mol. The SMILES string of the molecule is CCNCc1cccc(CN(C)Cc2cc(Br)cs2)c1. The summed E-state index contributed by atoms with van der Waals surface area (Å²) >= 11 is 5.31. The molecule has 20 heavy (non-hydrogen) atoms. The second kappa shape index (κ2) is 7.93. The van der Waals surface area contributed by atoms with Crippen molar-refractivity contribution in [1.82, 2.24) is 10.2 Å². The fourth-order valence-corrected chi connectivity index (χ4v) is 3.71. The maximum absolute atomic E-state index is 3.51. The van der Waals surface area contributed by atoms with Crippen LogP contribution in [0.4, 0.5) is 0 Å². The molecule has 0 aliphatic rings. The molecule has 1 heterocycles. The lowest BCUT2D eigenvalue weighted by Gasteiger charge is -2.16. The molecule has 2 rings (SSSR count). The summed E-state index contributed by atoms with van der Waals surface area (Å²) in [6, 6.07) is 11.0. The van der Waals surface area contributed by atoms with Crippen LogP contribution in [0.5, 0.6) is 0 Å². The van der Waals surface area contributed by atoms with Crippen molar-refractivity contribution in [3.63, 3.8) is 0 Å². The lowest BCUT2D eigenvalue weighted by atomic mass is 10.1. The van der Waals surface area contributed by atoms with E-state index in [2.05, 4.69) is 75.8 Å². The molecule has 0 saturated carbocycles. The minimum atomic E-state index is 0.950. The second-order valence-electron chi connectivity index (χ2n) is 5.00. The summed E-state index contributed by atoms with van der Waals surface area (Å²) in [5, 5.41) is 5.51. The maximum Gasteiger partial charge on any atom is 0.0328 e. The molecule has 1 aromatic heterocycles. The highest BCUT2D eigenvalue weighted by Crippen LogP contribution is 2.21. The molecule has 0 aliphatic carbocycles. The molecule has 2 nitrogen and oxygen atoms in total. The van der Waals surface area contributed by atoms with Crippen molar-refractivity contribution in [2.24, 2.45) is 0 Å². The van der Waals surface area contributed by atoms with Crippen molar-refractivity contribution in [1.29, 1.82) is 0 Å². The van der Waals surface area contributed by atoms with Gasteiger partial charge < -0.3 is 5.32 Å². The average molecular weight is 353 g/mol. The predicted octanol–water partition coefficient (Wildman–Crippen LogP) is 4.25. The van der Waals surface area contributed by atoms with Crippen LogP contribution < -0.4 is 5.32 Å². The standard InChI is InChI=1S/C16H21BrN2S/c1-3-18-9-13-5-4-6-14(7-13)10-19(2)11-16-8-15(17)12-20-16/h4-8,12,18H,3,9-11H2,1-2H3. The lowest BCUT2D eigenvalue weighted by molar-refractivity contribution is 0.322. The first kappa shape index (κ1) is 15.7. The second-order valence-corrected chi connectivity index (χ2v) is 6.92. The van der Waals surface area contributed by atoms with Gasteiger partial charge in [0.1, 0.15) is 0 Å². The Hall–Kier alpha value is -0.680. The molecule has 2 aromatic rings. The molecule has 1 N–H and O–H groups in total. The molecule has 108 valence electrons. The van der Waals surface area contributed by atoms with E-state index in [1.165, 1.54) is 20.5 Å². The van der Waals surface area contributed by atoms with E-state index >= 15 is 0 Å². The van der Waals surface area contributed by atoms with Gasteiger partial charge in [0, 0.05) is 34.4 Å². The van der Waals surface area contributed by atoms with Crippen LogP contribution in [0.25, 0.3) is 0 Å². The summed E-state index contributed by atoms with van der Waals surface area (Å²) in [7, 11) is 2.17. The van der Waals surface area contributed by atoms with Gasteiger partial charge in [-0.25, -0.2) is 0 Å². The number of rotatable bonds is 7. The number of hydrogen-bond acceptors (Lipinski definition) is 3. The molecule has 0 aliphatic heterocycles. The highest BCUT2D eigenvalue weighted by Gasteiger charge is 2.04. The molecule has 0 atom stereocenters. The molecule has 0 amide bonds. The zero-order valence-corrected chi connectivity index (χ0v) is 14.4. The number of nitrogens with one attached hydrogen (secondary N) is 1. The van der Waals surface area contributed by atoms with Crippen molar-refractivity contribution in [3.05, 3.63) is 56.2 Å². The van der Waals surface area contributed by atoms with E-state index in [1.54, 1.807) is 11.3 Å². The molecule has 1 aromatic carbocycles. The summed E-state index contributed by atoms with van der Waals surface area (Å²) in [5.41, 5.74) is 2.73. The lowest BCUT2D eigenvalue weighted by Crippen LogP contribution is -2.17. The summed E-state index contributed by atoms with van der Waals surface area (Å²) in [6.45, 7) is 6.07. The minimum absolute atomic E-state index is 0.950. The number of hydrogen-bond donors (Lipinski definition) is 1. The maximum atomic E-state index is 3.51. The van der Waals surface area contributed by atoms with E-state index in [4.69, 9.17) is 0 Å². The minimum Gasteiger partial charge on any atom is -0.313 e. The van der Waals surface area contributed by atoms with Gasteiger partial charge in [0.2, 0.25) is 0 Å². The van der Waals surface area contributed by atoms with Crippen molar-refractivity contribution in [2.45, 2.75) is 26.6 Å². The van der Waals surface area contributed by atoms with Crippen molar-refractivity contribution in [2.75, 3.05) is 13.6 Å². The molecule has 0 bridgehead atoms. The molecule has 0 radical (unpaired) electrons. The van der Waals surface area contributed by atoms with Crippen LogP contribution >= 0.6 is 27.3 Å². The van der Waals surface area contributed by atoms with Crippen LogP contribution in [-0.4, -0.2) is 18.5 Å². The smallest absolute Gasteiger partial charge is 0.0328 e. The highest BCUT2D eigenvalue weighted by atomic mass is 79.9. The van der Waals surface area contributed by atoms with Gasteiger partial charge in [-0.3, -0.25) is 4.90 Å². The summed E-state index contributed by atoms with van der Waals surface area (Å²) in [4.78, 5) is 3.74. The Morgan fingerprint density at radius 2 is 2.00 bits per heavy atom. The van der Waals surface area contributed by atoms with E-state index in [0.29, 0.717) is 0 Å². The summed E-state index contributed by atoms with van der Waals surface area (Å²) < 4.78 is 1.18. The number of halogens is 1. The molecule has 0 saturated heterocycles. The van der Waals surface area contributed by atoms with Crippen molar-refractivity contribution in [3.8, 4) is 0 Å². The first-order chi connectivity index (χ1) is 9.67. The first-order valence-corrected chi connectivity index (χ1v) is 8.54. The zero-order valence-electron chi connectivity index (χ0n) is 12.0. The zero-order chi connectivity index (χ0) is 14.4. The quantitative estimate of drug-likeness (QED) is 0.801. The number of benzene rings is 1. The Labute approximate surface area is 133 Å². The van der Waals surface area contributed by atoms with Crippen LogP contribution in [0, 0.1) is 0 Å². The molecule has 4 heteroatoms. The van der Waals surface area contributed by atoms with Crippen molar-refractivity contribution >= 4 is 27.3 Å². The largest absolute Gasteiger partial charge is 0.313 e. The van der Waals surface area contributed by atoms with Gasteiger partial charge in [-0.15, -0.1) is 11.3 Å². The van der Waals surface area contributed by atoms with Gasteiger partial charge in [-0.1, -0.05) is 31.2 Å².